The number of guanidine groups is 1. The molecule has 0 aromatic heterocycles. The van der Waals surface area contributed by atoms with Gasteiger partial charge in [-0.05, 0) is 30.7 Å². The lowest BCUT2D eigenvalue weighted by Crippen LogP contribution is -2.47. The zero-order valence-electron chi connectivity index (χ0n) is 16.3. The number of hydrogen-bond acceptors (Lipinski definition) is 4. The highest BCUT2D eigenvalue weighted by Gasteiger charge is 2.18. The summed E-state index contributed by atoms with van der Waals surface area (Å²) < 4.78 is 19.2. The van der Waals surface area contributed by atoms with E-state index in [4.69, 9.17) is 10.5 Å². The molecule has 0 radical (unpaired) electrons. The molecule has 2 aromatic carbocycles. The van der Waals surface area contributed by atoms with Crippen LogP contribution in [-0.2, 0) is 0 Å². The number of nitrogens with one attached hydrogen (secondary N) is 1. The molecule has 0 amide bonds. The topological polar surface area (TPSA) is 66.1 Å². The average Bonchev–Trinajstić information content (AvgIpc) is 2.72. The van der Waals surface area contributed by atoms with Crippen molar-refractivity contribution in [3.8, 4) is 5.75 Å². The van der Waals surface area contributed by atoms with Crippen molar-refractivity contribution in [2.75, 3.05) is 56.6 Å². The molecule has 1 heterocycles. The van der Waals surface area contributed by atoms with E-state index in [0.29, 0.717) is 18.2 Å². The number of rotatable bonds is 7. The molecule has 150 valence electrons. The summed E-state index contributed by atoms with van der Waals surface area (Å²) >= 11 is 0. The first-order chi connectivity index (χ1) is 13.7. The van der Waals surface area contributed by atoms with Crippen molar-refractivity contribution in [1.29, 1.82) is 0 Å². The van der Waals surface area contributed by atoms with Crippen LogP contribution in [-0.4, -0.2) is 57.2 Å². The quantitative estimate of drug-likeness (QED) is 0.436. The fourth-order valence-corrected chi connectivity index (χ4v) is 3.34. The minimum Gasteiger partial charge on any atom is -0.495 e. The number of halogens is 1. The fraction of sp³-hybridized carbons (Fsp3) is 0.381. The minimum absolute atomic E-state index is 0.150. The Balaban J connectivity index is 1.39. The van der Waals surface area contributed by atoms with Crippen LogP contribution < -0.4 is 20.7 Å². The van der Waals surface area contributed by atoms with E-state index in [9.17, 15) is 4.39 Å². The molecule has 1 saturated heterocycles. The molecular formula is C21H28FN5O. The Bertz CT molecular complexity index is 790. The first-order valence-electron chi connectivity index (χ1n) is 9.59. The van der Waals surface area contributed by atoms with Crippen molar-refractivity contribution in [2.24, 2.45) is 10.7 Å². The van der Waals surface area contributed by atoms with E-state index >= 15 is 0 Å². The Hall–Kier alpha value is -2.80. The number of para-hydroxylation sites is 3. The summed E-state index contributed by atoms with van der Waals surface area (Å²) in [6.45, 7) is 5.13. The molecule has 28 heavy (non-hydrogen) atoms. The van der Waals surface area contributed by atoms with E-state index in [0.717, 1.165) is 50.6 Å². The number of hydrogen-bond donors (Lipinski definition) is 2. The average molecular weight is 385 g/mol. The van der Waals surface area contributed by atoms with Crippen LogP contribution in [0.3, 0.4) is 0 Å². The maximum Gasteiger partial charge on any atom is 0.193 e. The van der Waals surface area contributed by atoms with Gasteiger partial charge >= 0.3 is 0 Å². The smallest absolute Gasteiger partial charge is 0.193 e. The molecule has 1 aliphatic rings. The molecule has 3 rings (SSSR count). The molecule has 0 unspecified atom stereocenters. The van der Waals surface area contributed by atoms with Gasteiger partial charge in [0.1, 0.15) is 11.6 Å². The summed E-state index contributed by atoms with van der Waals surface area (Å²) in [5.74, 6) is 0.963. The van der Waals surface area contributed by atoms with Gasteiger partial charge in [-0.2, -0.15) is 0 Å². The lowest BCUT2D eigenvalue weighted by atomic mass is 10.2. The maximum atomic E-state index is 13.9. The first-order valence-corrected chi connectivity index (χ1v) is 9.59. The zero-order valence-corrected chi connectivity index (χ0v) is 16.3. The van der Waals surface area contributed by atoms with Crippen LogP contribution in [0.2, 0.25) is 0 Å². The molecule has 3 N–H and O–H groups in total. The Morgan fingerprint density at radius 2 is 1.82 bits per heavy atom. The van der Waals surface area contributed by atoms with Crippen LogP contribution in [0, 0.1) is 5.82 Å². The third-order valence-electron chi connectivity index (χ3n) is 4.85. The lowest BCUT2D eigenvalue weighted by Gasteiger charge is -2.36. The number of piperazine rings is 1. The number of anilines is 2. The molecular weight excluding hydrogens is 357 g/mol. The van der Waals surface area contributed by atoms with Crippen molar-refractivity contribution in [3.05, 3.63) is 54.3 Å². The summed E-state index contributed by atoms with van der Waals surface area (Å²) in [5, 5.41) is 3.08. The lowest BCUT2D eigenvalue weighted by molar-refractivity contribution is 0.256. The molecule has 7 heteroatoms. The predicted molar refractivity (Wildman–Crippen MR) is 113 cm³/mol. The second-order valence-electron chi connectivity index (χ2n) is 6.73. The normalized spacial score (nSPS) is 15.5. The number of aliphatic imine (C=N–C) groups is 1. The number of ether oxygens (including phenoxy) is 1. The third-order valence-corrected chi connectivity index (χ3v) is 4.85. The van der Waals surface area contributed by atoms with Crippen molar-refractivity contribution in [1.82, 2.24) is 4.90 Å². The van der Waals surface area contributed by atoms with Crippen LogP contribution in [0.5, 0.6) is 5.75 Å². The molecule has 1 fully saturated rings. The van der Waals surface area contributed by atoms with Gasteiger partial charge in [-0.25, -0.2) is 4.39 Å². The van der Waals surface area contributed by atoms with Gasteiger partial charge in [-0.1, -0.05) is 24.3 Å². The van der Waals surface area contributed by atoms with Gasteiger partial charge in [0.25, 0.3) is 0 Å². The monoisotopic (exact) mass is 385 g/mol. The second-order valence-corrected chi connectivity index (χ2v) is 6.73. The predicted octanol–water partition coefficient (Wildman–Crippen LogP) is 2.77. The molecule has 0 atom stereocenters. The van der Waals surface area contributed by atoms with Crippen molar-refractivity contribution in [2.45, 2.75) is 6.42 Å². The van der Waals surface area contributed by atoms with Gasteiger partial charge in [0.15, 0.2) is 5.96 Å². The molecule has 1 aliphatic heterocycles. The number of nitrogens with zero attached hydrogens (tertiary/aromatic N) is 3. The minimum atomic E-state index is -0.150. The van der Waals surface area contributed by atoms with E-state index in [1.807, 2.05) is 36.4 Å². The summed E-state index contributed by atoms with van der Waals surface area (Å²) in [5.41, 5.74) is 7.47. The Morgan fingerprint density at radius 3 is 2.57 bits per heavy atom. The number of benzene rings is 2. The maximum absolute atomic E-state index is 13.9. The Kier molecular flexibility index (Phi) is 7.08. The molecule has 0 bridgehead atoms. The third kappa shape index (κ3) is 5.36. The number of nitrogens with two attached hydrogens (primary N) is 1. The Labute approximate surface area is 165 Å². The highest BCUT2D eigenvalue weighted by atomic mass is 19.1. The van der Waals surface area contributed by atoms with Gasteiger partial charge < -0.3 is 20.7 Å². The van der Waals surface area contributed by atoms with Crippen molar-refractivity contribution >= 4 is 17.3 Å². The van der Waals surface area contributed by atoms with Crippen LogP contribution in [0.25, 0.3) is 0 Å². The van der Waals surface area contributed by atoms with E-state index in [1.165, 1.54) is 6.07 Å². The molecule has 6 nitrogen and oxygen atoms in total. The van der Waals surface area contributed by atoms with Gasteiger partial charge in [0.2, 0.25) is 0 Å². The molecule has 0 spiro atoms. The largest absolute Gasteiger partial charge is 0.495 e. The Morgan fingerprint density at radius 1 is 1.11 bits per heavy atom. The summed E-state index contributed by atoms with van der Waals surface area (Å²) in [7, 11) is 1.62. The highest BCUT2D eigenvalue weighted by molar-refractivity contribution is 5.93. The number of methoxy groups -OCH3 is 1. The van der Waals surface area contributed by atoms with E-state index in [2.05, 4.69) is 20.1 Å². The van der Waals surface area contributed by atoms with Crippen LogP contribution >= 0.6 is 0 Å². The van der Waals surface area contributed by atoms with Crippen LogP contribution in [0.4, 0.5) is 15.8 Å². The second kappa shape index (κ2) is 9.94. The standard InChI is InChI=1S/C21H28FN5O/c1-28-20-10-5-3-8-18(20)25-21(23)24-11-6-12-26-13-15-27(16-14-26)19-9-4-2-7-17(19)22/h2-5,7-10H,6,11-16H2,1H3,(H3,23,24,25). The summed E-state index contributed by atoms with van der Waals surface area (Å²) in [6.07, 6.45) is 0.925. The van der Waals surface area contributed by atoms with Gasteiger partial charge in [-0.3, -0.25) is 9.89 Å². The van der Waals surface area contributed by atoms with E-state index < -0.39 is 0 Å². The van der Waals surface area contributed by atoms with Gasteiger partial charge in [0.05, 0.1) is 18.5 Å². The molecule has 0 aliphatic carbocycles. The van der Waals surface area contributed by atoms with E-state index in [-0.39, 0.29) is 5.82 Å². The summed E-state index contributed by atoms with van der Waals surface area (Å²) in [6, 6.07) is 14.6. The van der Waals surface area contributed by atoms with Crippen molar-refractivity contribution in [3.63, 3.8) is 0 Å². The van der Waals surface area contributed by atoms with E-state index in [1.54, 1.807) is 13.2 Å². The van der Waals surface area contributed by atoms with Crippen LogP contribution in [0.15, 0.2) is 53.5 Å². The SMILES string of the molecule is COc1ccccc1NC(N)=NCCCN1CCN(c2ccccc2F)CC1. The van der Waals surface area contributed by atoms with Gasteiger partial charge in [-0.15, -0.1) is 0 Å². The molecule has 0 saturated carbocycles. The zero-order chi connectivity index (χ0) is 19.8. The fourth-order valence-electron chi connectivity index (χ4n) is 3.34. The van der Waals surface area contributed by atoms with Gasteiger partial charge in [0, 0.05) is 39.3 Å². The van der Waals surface area contributed by atoms with Crippen LogP contribution in [0.1, 0.15) is 6.42 Å². The van der Waals surface area contributed by atoms with Crippen molar-refractivity contribution < 1.29 is 9.13 Å². The summed E-state index contributed by atoms with van der Waals surface area (Å²) in [4.78, 5) is 8.89. The molecule has 2 aromatic rings. The first kappa shape index (κ1) is 19.9. The highest BCUT2D eigenvalue weighted by Crippen LogP contribution is 2.22.